The number of carbonyl (C=O) groups is 1. The molecule has 0 aliphatic heterocycles. The first-order valence-corrected chi connectivity index (χ1v) is 6.16. The van der Waals surface area contributed by atoms with Crippen LogP contribution in [0.2, 0.25) is 0 Å². The number of hydrogen-bond donors (Lipinski definition) is 1. The third kappa shape index (κ3) is 3.26. The van der Waals surface area contributed by atoms with Gasteiger partial charge in [0.2, 0.25) is 0 Å². The molecule has 0 amide bonds. The van der Waals surface area contributed by atoms with E-state index in [1.165, 1.54) is 6.20 Å². The van der Waals surface area contributed by atoms with Crippen molar-refractivity contribution in [1.82, 2.24) is 9.97 Å². The molecule has 0 bridgehead atoms. The minimum absolute atomic E-state index is 0.174. The molecule has 1 heterocycles. The van der Waals surface area contributed by atoms with Crippen molar-refractivity contribution >= 4 is 5.97 Å². The van der Waals surface area contributed by atoms with Crippen LogP contribution in [0.4, 0.5) is 0 Å². The van der Waals surface area contributed by atoms with Crippen LogP contribution in [-0.2, 0) is 16.8 Å². The summed E-state index contributed by atoms with van der Waals surface area (Å²) in [6, 6.07) is 0. The molecule has 0 fully saturated rings. The molecule has 100 valence electrons. The standard InChI is InChI=1S/C13H20N2O3/c1-5-7-10-9(11(16)17)8-14-12(15-10)13(3,4)18-6-2/h8H,5-7H2,1-4H3,(H,16,17). The Morgan fingerprint density at radius 2 is 2.11 bits per heavy atom. The molecule has 1 rings (SSSR count). The lowest BCUT2D eigenvalue weighted by Gasteiger charge is -2.23. The Morgan fingerprint density at radius 3 is 2.61 bits per heavy atom. The minimum atomic E-state index is -0.987. The SMILES string of the molecule is CCCc1nc(C(C)(C)OCC)ncc1C(=O)O. The highest BCUT2D eigenvalue weighted by Crippen LogP contribution is 2.22. The number of aryl methyl sites for hydroxylation is 1. The van der Waals surface area contributed by atoms with Gasteiger partial charge in [0.25, 0.3) is 0 Å². The van der Waals surface area contributed by atoms with Crippen molar-refractivity contribution in [2.24, 2.45) is 0 Å². The molecule has 0 radical (unpaired) electrons. The van der Waals surface area contributed by atoms with Gasteiger partial charge in [0.15, 0.2) is 5.82 Å². The van der Waals surface area contributed by atoms with Gasteiger partial charge in [-0.2, -0.15) is 0 Å². The summed E-state index contributed by atoms with van der Waals surface area (Å²) in [5.41, 5.74) is 0.143. The molecule has 1 N–H and O–H groups in total. The second-order valence-electron chi connectivity index (χ2n) is 4.55. The van der Waals surface area contributed by atoms with Crippen LogP contribution < -0.4 is 0 Å². The first kappa shape index (κ1) is 14.6. The van der Waals surface area contributed by atoms with Crippen LogP contribution in [0.15, 0.2) is 6.20 Å². The van der Waals surface area contributed by atoms with Crippen LogP contribution >= 0.6 is 0 Å². The molecule has 18 heavy (non-hydrogen) atoms. The van der Waals surface area contributed by atoms with E-state index in [0.717, 1.165) is 6.42 Å². The van der Waals surface area contributed by atoms with Crippen molar-refractivity contribution < 1.29 is 14.6 Å². The molecule has 0 aliphatic rings. The van der Waals surface area contributed by atoms with Gasteiger partial charge in [-0.15, -0.1) is 0 Å². The summed E-state index contributed by atoms with van der Waals surface area (Å²) in [4.78, 5) is 19.5. The fourth-order valence-corrected chi connectivity index (χ4v) is 1.74. The predicted octanol–water partition coefficient (Wildman–Crippen LogP) is 2.40. The number of aromatic nitrogens is 2. The lowest BCUT2D eigenvalue weighted by atomic mass is 10.1. The summed E-state index contributed by atoms with van der Waals surface area (Å²) < 4.78 is 5.58. The monoisotopic (exact) mass is 252 g/mol. The molecule has 0 aromatic carbocycles. The molecular formula is C13H20N2O3. The quantitative estimate of drug-likeness (QED) is 0.841. The van der Waals surface area contributed by atoms with E-state index in [0.29, 0.717) is 24.5 Å². The van der Waals surface area contributed by atoms with Gasteiger partial charge in [-0.1, -0.05) is 13.3 Å². The van der Waals surface area contributed by atoms with Gasteiger partial charge in [-0.05, 0) is 27.2 Å². The van der Waals surface area contributed by atoms with Crippen molar-refractivity contribution in [3.05, 3.63) is 23.3 Å². The summed E-state index contributed by atoms with van der Waals surface area (Å²) in [6.07, 6.45) is 2.83. The number of rotatable bonds is 6. The van der Waals surface area contributed by atoms with Crippen LogP contribution in [-0.4, -0.2) is 27.7 Å². The fraction of sp³-hybridized carbons (Fsp3) is 0.615. The maximum absolute atomic E-state index is 11.1. The van der Waals surface area contributed by atoms with E-state index in [-0.39, 0.29) is 5.56 Å². The molecule has 5 heteroatoms. The smallest absolute Gasteiger partial charge is 0.339 e. The summed E-state index contributed by atoms with van der Waals surface area (Å²) in [7, 11) is 0. The third-order valence-corrected chi connectivity index (χ3v) is 2.63. The number of carboxylic acids is 1. The van der Waals surface area contributed by atoms with Crippen molar-refractivity contribution in [3.63, 3.8) is 0 Å². The Labute approximate surface area is 107 Å². The Kier molecular flexibility index (Phi) is 4.78. The summed E-state index contributed by atoms with van der Waals surface area (Å²) in [5, 5.41) is 9.08. The highest BCUT2D eigenvalue weighted by molar-refractivity contribution is 5.88. The van der Waals surface area contributed by atoms with E-state index in [1.54, 1.807) is 0 Å². The largest absolute Gasteiger partial charge is 0.478 e. The molecule has 0 aliphatic carbocycles. The van der Waals surface area contributed by atoms with E-state index in [2.05, 4.69) is 9.97 Å². The summed E-state index contributed by atoms with van der Waals surface area (Å²) >= 11 is 0. The van der Waals surface area contributed by atoms with Gasteiger partial charge in [-0.3, -0.25) is 0 Å². The average molecular weight is 252 g/mol. The molecule has 0 atom stereocenters. The predicted molar refractivity (Wildman–Crippen MR) is 67.6 cm³/mol. The van der Waals surface area contributed by atoms with Gasteiger partial charge >= 0.3 is 5.97 Å². The van der Waals surface area contributed by atoms with E-state index in [4.69, 9.17) is 9.84 Å². The Balaban J connectivity index is 3.18. The zero-order valence-electron chi connectivity index (χ0n) is 11.4. The Bertz CT molecular complexity index is 430. The highest BCUT2D eigenvalue weighted by atomic mass is 16.5. The highest BCUT2D eigenvalue weighted by Gasteiger charge is 2.26. The lowest BCUT2D eigenvalue weighted by molar-refractivity contribution is -0.0210. The number of nitrogens with zero attached hydrogens (tertiary/aromatic N) is 2. The topological polar surface area (TPSA) is 72.3 Å². The molecule has 1 aromatic heterocycles. The maximum Gasteiger partial charge on any atom is 0.339 e. The number of ether oxygens (including phenoxy) is 1. The first-order valence-electron chi connectivity index (χ1n) is 6.16. The molecule has 0 spiro atoms. The number of hydrogen-bond acceptors (Lipinski definition) is 4. The van der Waals surface area contributed by atoms with Crippen LogP contribution in [0, 0.1) is 0 Å². The fourth-order valence-electron chi connectivity index (χ4n) is 1.74. The van der Waals surface area contributed by atoms with Crippen LogP contribution in [0.5, 0.6) is 0 Å². The molecule has 0 unspecified atom stereocenters. The molecule has 0 saturated carbocycles. The Morgan fingerprint density at radius 1 is 1.44 bits per heavy atom. The van der Waals surface area contributed by atoms with Crippen LogP contribution in [0.25, 0.3) is 0 Å². The number of carboxylic acid groups (broad SMARTS) is 1. The zero-order chi connectivity index (χ0) is 13.8. The molecular weight excluding hydrogens is 232 g/mol. The van der Waals surface area contributed by atoms with Crippen molar-refractivity contribution in [1.29, 1.82) is 0 Å². The number of aromatic carboxylic acids is 1. The maximum atomic E-state index is 11.1. The van der Waals surface area contributed by atoms with Gasteiger partial charge in [0.05, 0.1) is 11.3 Å². The van der Waals surface area contributed by atoms with Crippen molar-refractivity contribution in [2.75, 3.05) is 6.61 Å². The molecule has 5 nitrogen and oxygen atoms in total. The zero-order valence-corrected chi connectivity index (χ0v) is 11.4. The lowest BCUT2D eigenvalue weighted by Crippen LogP contribution is -2.26. The van der Waals surface area contributed by atoms with Gasteiger partial charge in [-0.25, -0.2) is 14.8 Å². The van der Waals surface area contributed by atoms with Crippen molar-refractivity contribution in [2.45, 2.75) is 46.1 Å². The van der Waals surface area contributed by atoms with E-state index in [1.807, 2.05) is 27.7 Å². The van der Waals surface area contributed by atoms with E-state index >= 15 is 0 Å². The molecule has 1 aromatic rings. The van der Waals surface area contributed by atoms with Crippen molar-refractivity contribution in [3.8, 4) is 0 Å². The first-order chi connectivity index (χ1) is 8.42. The van der Waals surface area contributed by atoms with Crippen LogP contribution in [0.1, 0.15) is 56.0 Å². The second-order valence-corrected chi connectivity index (χ2v) is 4.55. The van der Waals surface area contributed by atoms with Gasteiger partial charge in [0, 0.05) is 12.8 Å². The summed E-state index contributed by atoms with van der Waals surface area (Å²) in [6.45, 7) is 8.20. The van der Waals surface area contributed by atoms with E-state index in [9.17, 15) is 4.79 Å². The van der Waals surface area contributed by atoms with Gasteiger partial charge in [0.1, 0.15) is 5.60 Å². The minimum Gasteiger partial charge on any atom is -0.478 e. The normalized spacial score (nSPS) is 11.6. The third-order valence-electron chi connectivity index (χ3n) is 2.63. The average Bonchev–Trinajstić information content (AvgIpc) is 2.29. The second kappa shape index (κ2) is 5.91. The van der Waals surface area contributed by atoms with Crippen LogP contribution in [0.3, 0.4) is 0 Å². The Hall–Kier alpha value is -1.49. The van der Waals surface area contributed by atoms with Gasteiger partial charge < -0.3 is 9.84 Å². The molecule has 0 saturated heterocycles. The summed E-state index contributed by atoms with van der Waals surface area (Å²) in [5.74, 6) is -0.461. The van der Waals surface area contributed by atoms with E-state index < -0.39 is 11.6 Å².